The molecule has 0 radical (unpaired) electrons. The number of hydrogen-bond donors (Lipinski definition) is 3. The van der Waals surface area contributed by atoms with Gasteiger partial charge in [-0.1, -0.05) is 30.3 Å². The molecule has 3 N–H and O–H groups in total. The number of hydrogen-bond acceptors (Lipinski definition) is 7. The zero-order valence-electron chi connectivity index (χ0n) is 21.6. The molecule has 0 spiro atoms. The van der Waals surface area contributed by atoms with Gasteiger partial charge in [0, 0.05) is 23.2 Å². The number of aromatic amines is 2. The second kappa shape index (κ2) is 9.67. The molecular weight excluding hydrogens is 516 g/mol. The number of benzene rings is 2. The van der Waals surface area contributed by atoms with Gasteiger partial charge in [0.05, 0.1) is 23.2 Å². The van der Waals surface area contributed by atoms with E-state index < -0.39 is 11.6 Å². The summed E-state index contributed by atoms with van der Waals surface area (Å²) in [7, 11) is 0. The Morgan fingerprint density at radius 1 is 1.05 bits per heavy atom. The highest BCUT2D eigenvalue weighted by molar-refractivity contribution is 5.99. The van der Waals surface area contributed by atoms with Crippen LogP contribution in [0.2, 0.25) is 0 Å². The lowest BCUT2D eigenvalue weighted by Crippen LogP contribution is -2.43. The van der Waals surface area contributed by atoms with Gasteiger partial charge in [-0.15, -0.1) is 0 Å². The molecule has 2 aliphatic heterocycles. The van der Waals surface area contributed by atoms with Gasteiger partial charge in [-0.05, 0) is 50.2 Å². The number of pyridine rings is 1. The van der Waals surface area contributed by atoms with Crippen LogP contribution in [0.3, 0.4) is 0 Å². The van der Waals surface area contributed by atoms with E-state index in [1.165, 1.54) is 18.3 Å². The second-order valence-electron chi connectivity index (χ2n) is 10.5. The Bertz CT molecular complexity index is 1790. The van der Waals surface area contributed by atoms with Crippen LogP contribution in [-0.4, -0.2) is 55.3 Å². The van der Waals surface area contributed by atoms with Crippen molar-refractivity contribution in [3.05, 3.63) is 76.3 Å². The van der Waals surface area contributed by atoms with Crippen molar-refractivity contribution in [1.82, 2.24) is 30.0 Å². The lowest BCUT2D eigenvalue weighted by molar-refractivity contribution is 0.108. The molecule has 9 nitrogen and oxygen atoms in total. The van der Waals surface area contributed by atoms with Gasteiger partial charge in [-0.2, -0.15) is 9.97 Å². The third-order valence-electron chi connectivity index (χ3n) is 8.15. The summed E-state index contributed by atoms with van der Waals surface area (Å²) in [4.78, 5) is 27.5. The van der Waals surface area contributed by atoms with Crippen molar-refractivity contribution in [3.63, 3.8) is 0 Å². The minimum Gasteiger partial charge on any atom is -0.461 e. The summed E-state index contributed by atoms with van der Waals surface area (Å²) in [6.07, 6.45) is 5.81. The van der Waals surface area contributed by atoms with E-state index in [1.807, 2.05) is 0 Å². The first-order chi connectivity index (χ1) is 19.5. The largest absolute Gasteiger partial charge is 0.461 e. The van der Waals surface area contributed by atoms with Gasteiger partial charge in [-0.25, -0.2) is 8.78 Å². The number of fused-ring (bicyclic) bond motifs is 3. The zero-order valence-corrected chi connectivity index (χ0v) is 21.6. The van der Waals surface area contributed by atoms with Gasteiger partial charge in [0.15, 0.2) is 5.82 Å². The third-order valence-corrected chi connectivity index (χ3v) is 8.15. The number of rotatable bonds is 7. The molecule has 7 rings (SSSR count). The zero-order chi connectivity index (χ0) is 27.3. The highest BCUT2D eigenvalue weighted by Gasteiger charge is 2.45. The Morgan fingerprint density at radius 3 is 2.62 bits per heavy atom. The van der Waals surface area contributed by atoms with Crippen LogP contribution < -0.4 is 15.6 Å². The molecule has 2 fully saturated rings. The molecule has 40 heavy (non-hydrogen) atoms. The number of nitrogens with zero attached hydrogens (tertiary/aromatic N) is 4. The average Bonchev–Trinajstić information content (AvgIpc) is 3.67. The van der Waals surface area contributed by atoms with Gasteiger partial charge >= 0.3 is 6.01 Å². The Labute approximate surface area is 227 Å². The lowest BCUT2D eigenvalue weighted by atomic mass is 9.95. The van der Waals surface area contributed by atoms with E-state index in [0.717, 1.165) is 38.8 Å². The van der Waals surface area contributed by atoms with E-state index >= 15 is 4.39 Å². The van der Waals surface area contributed by atoms with Crippen molar-refractivity contribution in [3.8, 4) is 17.3 Å². The molecule has 0 aliphatic carbocycles. The molecule has 0 bridgehead atoms. The van der Waals surface area contributed by atoms with Crippen molar-refractivity contribution in [2.45, 2.75) is 37.8 Å². The second-order valence-corrected chi connectivity index (χ2v) is 10.5. The fourth-order valence-corrected chi connectivity index (χ4v) is 6.22. The smallest absolute Gasteiger partial charge is 0.319 e. The van der Waals surface area contributed by atoms with Crippen LogP contribution in [0.25, 0.3) is 32.9 Å². The molecule has 11 heteroatoms. The number of anilines is 1. The summed E-state index contributed by atoms with van der Waals surface area (Å²) in [5, 5.41) is 9.71. The SMILES string of the molecule is O=c1cc(CNc2nc(OCC34CCCN3CCC4)nc3c(F)c(-c4cccc5cccc(F)c45)ncc23)[nH][nH]1. The summed E-state index contributed by atoms with van der Waals surface area (Å²) in [5.41, 5.74) is 0.637. The van der Waals surface area contributed by atoms with Crippen LogP contribution in [0.4, 0.5) is 14.6 Å². The highest BCUT2D eigenvalue weighted by atomic mass is 19.1. The summed E-state index contributed by atoms with van der Waals surface area (Å²) >= 11 is 0. The summed E-state index contributed by atoms with van der Waals surface area (Å²) in [5.74, 6) is -0.836. The van der Waals surface area contributed by atoms with Crippen molar-refractivity contribution in [1.29, 1.82) is 0 Å². The van der Waals surface area contributed by atoms with Crippen LogP contribution in [0, 0.1) is 11.6 Å². The van der Waals surface area contributed by atoms with Gasteiger partial charge in [0.2, 0.25) is 0 Å². The van der Waals surface area contributed by atoms with E-state index in [1.54, 1.807) is 30.3 Å². The molecule has 2 aromatic carbocycles. The van der Waals surface area contributed by atoms with Gasteiger partial charge < -0.3 is 15.2 Å². The summed E-state index contributed by atoms with van der Waals surface area (Å²) in [6.45, 7) is 2.74. The van der Waals surface area contributed by atoms with Crippen LogP contribution in [0.15, 0.2) is 53.5 Å². The van der Waals surface area contributed by atoms with E-state index in [-0.39, 0.29) is 40.3 Å². The minimum atomic E-state index is -0.694. The maximum Gasteiger partial charge on any atom is 0.319 e. The highest BCUT2D eigenvalue weighted by Crippen LogP contribution is 2.39. The number of halogens is 2. The maximum absolute atomic E-state index is 16.3. The van der Waals surface area contributed by atoms with Crippen LogP contribution in [0.5, 0.6) is 6.01 Å². The first-order valence-corrected chi connectivity index (χ1v) is 13.4. The Morgan fingerprint density at radius 2 is 1.85 bits per heavy atom. The number of H-pyrrole nitrogens is 2. The van der Waals surface area contributed by atoms with Gasteiger partial charge in [-0.3, -0.25) is 19.8 Å². The van der Waals surface area contributed by atoms with E-state index in [0.29, 0.717) is 34.5 Å². The molecule has 0 saturated carbocycles. The van der Waals surface area contributed by atoms with Crippen LogP contribution in [-0.2, 0) is 6.54 Å². The van der Waals surface area contributed by atoms with Gasteiger partial charge in [0.25, 0.3) is 5.56 Å². The quantitative estimate of drug-likeness (QED) is 0.271. The molecule has 5 heterocycles. The number of aromatic nitrogens is 5. The predicted octanol–water partition coefficient (Wildman–Crippen LogP) is 4.76. The Hall–Kier alpha value is -4.38. The maximum atomic E-state index is 16.3. The van der Waals surface area contributed by atoms with E-state index in [9.17, 15) is 9.18 Å². The van der Waals surface area contributed by atoms with Crippen LogP contribution >= 0.6 is 0 Å². The van der Waals surface area contributed by atoms with Gasteiger partial charge in [0.1, 0.15) is 29.5 Å². The van der Waals surface area contributed by atoms with Crippen molar-refractivity contribution >= 4 is 27.5 Å². The molecule has 2 aliphatic rings. The molecule has 0 amide bonds. The lowest BCUT2D eigenvalue weighted by Gasteiger charge is -2.31. The summed E-state index contributed by atoms with van der Waals surface area (Å²) < 4.78 is 37.3. The molecule has 0 atom stereocenters. The van der Waals surface area contributed by atoms with Crippen LogP contribution in [0.1, 0.15) is 31.4 Å². The molecular formula is C29H27F2N7O2. The average molecular weight is 544 g/mol. The molecule has 0 unspecified atom stereocenters. The molecule has 5 aromatic rings. The minimum absolute atomic E-state index is 0.00915. The standard InChI is InChI=1S/C29H27F2N7O2/c30-21-8-2-6-17-5-1-7-19(23(17)21)25-24(31)26-20(15-32-25)27(33-14-18-13-22(39)37-36-18)35-28(34-26)40-16-29-9-3-11-38(29)12-4-10-29/h1-2,5-8,13,15H,3-4,9-12,14,16H2,(H,33,34,35)(H2,36,37,39). The Kier molecular flexibility index (Phi) is 5.96. The topological polar surface area (TPSA) is 112 Å². The van der Waals surface area contributed by atoms with Crippen molar-refractivity contribution in [2.24, 2.45) is 0 Å². The summed E-state index contributed by atoms with van der Waals surface area (Å²) in [6, 6.07) is 11.4. The van der Waals surface area contributed by atoms with E-state index in [2.05, 4.69) is 35.4 Å². The molecule has 2 saturated heterocycles. The van der Waals surface area contributed by atoms with Crippen molar-refractivity contribution in [2.75, 3.05) is 25.0 Å². The van der Waals surface area contributed by atoms with Crippen molar-refractivity contribution < 1.29 is 13.5 Å². The first-order valence-electron chi connectivity index (χ1n) is 13.4. The third kappa shape index (κ3) is 4.17. The molecule has 204 valence electrons. The fourth-order valence-electron chi connectivity index (χ4n) is 6.22. The monoisotopic (exact) mass is 543 g/mol. The Balaban J connectivity index is 1.32. The normalized spacial score (nSPS) is 16.6. The molecule has 3 aromatic heterocycles. The predicted molar refractivity (Wildman–Crippen MR) is 147 cm³/mol. The number of ether oxygens (including phenoxy) is 1. The van der Waals surface area contributed by atoms with E-state index in [4.69, 9.17) is 4.74 Å². The number of nitrogens with one attached hydrogen (secondary N) is 3. The fraction of sp³-hybridized carbons (Fsp3) is 0.310. The first kappa shape index (κ1) is 24.6.